The minimum atomic E-state index is -1.10. The molecule has 0 aliphatic carbocycles. The number of hydrogen-bond acceptors (Lipinski definition) is 5. The molecule has 0 saturated carbocycles. The third-order valence-corrected chi connectivity index (χ3v) is 2.61. The Labute approximate surface area is 116 Å². The molecule has 1 rings (SSSR count). The van der Waals surface area contributed by atoms with Crippen LogP contribution in [0.3, 0.4) is 0 Å². The molecular weight excluding hydrogens is 262 g/mol. The van der Waals surface area contributed by atoms with Crippen LogP contribution in [0.1, 0.15) is 6.92 Å². The fourth-order valence-electron chi connectivity index (χ4n) is 1.32. The van der Waals surface area contributed by atoms with E-state index in [1.165, 1.54) is 25.2 Å². The molecule has 2 unspecified atom stereocenters. The third-order valence-electron chi connectivity index (χ3n) is 2.61. The normalized spacial score (nSPS) is 19.2. The number of carbonyl (C=O) groups is 2. The molecule has 1 saturated heterocycles. The summed E-state index contributed by atoms with van der Waals surface area (Å²) in [5.74, 6) is -2.44. The summed E-state index contributed by atoms with van der Waals surface area (Å²) in [5, 5.41) is 17.4. The van der Waals surface area contributed by atoms with Gasteiger partial charge in [-0.05, 0) is 6.92 Å². The maximum Gasteiger partial charge on any atom is 0.334 e. The Morgan fingerprint density at radius 1 is 1.65 bits per heavy atom. The van der Waals surface area contributed by atoms with Crippen LogP contribution in [0.4, 0.5) is 0 Å². The highest BCUT2D eigenvalue weighted by molar-refractivity contribution is 5.90. The zero-order chi connectivity index (χ0) is 15.1. The Balaban J connectivity index is 2.75. The average Bonchev–Trinajstić information content (AvgIpc) is 3.23. The van der Waals surface area contributed by atoms with Gasteiger partial charge in [-0.3, -0.25) is 0 Å². The molecule has 1 N–H and O–H groups in total. The summed E-state index contributed by atoms with van der Waals surface area (Å²) in [5.41, 5.74) is 0.120. The van der Waals surface area contributed by atoms with Crippen LogP contribution in [-0.4, -0.2) is 36.4 Å². The highest BCUT2D eigenvalue weighted by Crippen LogP contribution is 2.18. The van der Waals surface area contributed by atoms with Gasteiger partial charge in [0.1, 0.15) is 12.7 Å². The molecule has 1 heterocycles. The summed E-state index contributed by atoms with van der Waals surface area (Å²) in [6.45, 7) is 5.71. The molecular formula is C14H15NO5. The number of allylic oxidation sites excluding steroid dienone is 3. The van der Waals surface area contributed by atoms with E-state index >= 15 is 0 Å². The maximum atomic E-state index is 11.8. The number of hydrogen-bond donors (Lipinski definition) is 1. The molecule has 1 aliphatic rings. The SMILES string of the molecule is C=C(C(=O)OCC1CO1)C(C=CC#N)C=C(C)C(=O)O. The lowest BCUT2D eigenvalue weighted by atomic mass is 9.97. The van der Waals surface area contributed by atoms with Crippen molar-refractivity contribution in [2.75, 3.05) is 13.2 Å². The van der Waals surface area contributed by atoms with Gasteiger partial charge in [-0.2, -0.15) is 5.26 Å². The van der Waals surface area contributed by atoms with Crippen LogP contribution in [0.25, 0.3) is 0 Å². The molecule has 1 fully saturated rings. The van der Waals surface area contributed by atoms with Gasteiger partial charge in [0.25, 0.3) is 0 Å². The largest absolute Gasteiger partial charge is 0.478 e. The minimum Gasteiger partial charge on any atom is -0.478 e. The Morgan fingerprint density at radius 2 is 2.30 bits per heavy atom. The molecule has 0 aromatic carbocycles. The van der Waals surface area contributed by atoms with Crippen molar-refractivity contribution in [3.05, 3.63) is 36.0 Å². The lowest BCUT2D eigenvalue weighted by molar-refractivity contribution is -0.140. The Bertz CT molecular complexity index is 508. The fraction of sp³-hybridized carbons (Fsp3) is 0.357. The summed E-state index contributed by atoms with van der Waals surface area (Å²) in [4.78, 5) is 22.6. The van der Waals surface area contributed by atoms with E-state index in [1.54, 1.807) is 6.07 Å². The number of rotatable bonds is 7. The number of ether oxygens (including phenoxy) is 2. The van der Waals surface area contributed by atoms with Crippen molar-refractivity contribution < 1.29 is 24.2 Å². The maximum absolute atomic E-state index is 11.8. The van der Waals surface area contributed by atoms with E-state index in [-0.39, 0.29) is 23.9 Å². The second kappa shape index (κ2) is 7.26. The van der Waals surface area contributed by atoms with Crippen LogP contribution in [0.5, 0.6) is 0 Å². The van der Waals surface area contributed by atoms with Crippen molar-refractivity contribution in [2.45, 2.75) is 13.0 Å². The molecule has 0 aromatic rings. The minimum absolute atomic E-state index is 0.0528. The van der Waals surface area contributed by atoms with Crippen molar-refractivity contribution in [1.29, 1.82) is 5.26 Å². The lowest BCUT2D eigenvalue weighted by Gasteiger charge is -2.11. The zero-order valence-corrected chi connectivity index (χ0v) is 11.0. The number of aliphatic carboxylic acids is 1. The molecule has 6 heteroatoms. The lowest BCUT2D eigenvalue weighted by Crippen LogP contribution is -2.16. The van der Waals surface area contributed by atoms with E-state index in [2.05, 4.69) is 6.58 Å². The summed E-state index contributed by atoms with van der Waals surface area (Å²) in [7, 11) is 0. The molecule has 20 heavy (non-hydrogen) atoms. The molecule has 0 spiro atoms. The Hall–Kier alpha value is -2.39. The number of nitriles is 1. The van der Waals surface area contributed by atoms with E-state index in [0.717, 1.165) is 0 Å². The number of carbonyl (C=O) groups excluding carboxylic acids is 1. The number of carboxylic acid groups (broad SMARTS) is 1. The molecule has 0 bridgehead atoms. The first kappa shape index (κ1) is 15.7. The monoisotopic (exact) mass is 277 g/mol. The van der Waals surface area contributed by atoms with Crippen LogP contribution in [-0.2, 0) is 19.1 Å². The second-order valence-corrected chi connectivity index (χ2v) is 4.25. The average molecular weight is 277 g/mol. The number of carboxylic acids is 1. The Morgan fingerprint density at radius 3 is 2.80 bits per heavy atom. The van der Waals surface area contributed by atoms with Crippen molar-refractivity contribution >= 4 is 11.9 Å². The summed E-state index contributed by atoms with van der Waals surface area (Å²) >= 11 is 0. The fourth-order valence-corrected chi connectivity index (χ4v) is 1.32. The van der Waals surface area contributed by atoms with E-state index in [9.17, 15) is 9.59 Å². The van der Waals surface area contributed by atoms with Gasteiger partial charge in [0.15, 0.2) is 0 Å². The van der Waals surface area contributed by atoms with Gasteiger partial charge in [0, 0.05) is 23.1 Å². The third kappa shape index (κ3) is 5.08. The van der Waals surface area contributed by atoms with Gasteiger partial charge < -0.3 is 14.6 Å². The van der Waals surface area contributed by atoms with E-state index in [4.69, 9.17) is 19.8 Å². The van der Waals surface area contributed by atoms with Crippen LogP contribution >= 0.6 is 0 Å². The van der Waals surface area contributed by atoms with Gasteiger partial charge in [0.2, 0.25) is 0 Å². The summed E-state index contributed by atoms with van der Waals surface area (Å²) in [6.07, 6.45) is 3.84. The van der Waals surface area contributed by atoms with Crippen LogP contribution in [0.2, 0.25) is 0 Å². The van der Waals surface area contributed by atoms with Crippen molar-refractivity contribution in [3.8, 4) is 6.07 Å². The molecule has 0 radical (unpaired) electrons. The van der Waals surface area contributed by atoms with Gasteiger partial charge in [-0.15, -0.1) is 0 Å². The number of epoxide rings is 1. The predicted octanol–water partition coefficient (Wildman–Crippen LogP) is 1.21. The molecule has 2 atom stereocenters. The first-order chi connectivity index (χ1) is 9.45. The highest BCUT2D eigenvalue weighted by atomic mass is 16.6. The molecule has 0 amide bonds. The number of nitrogens with zero attached hydrogens (tertiary/aromatic N) is 1. The summed E-state index contributed by atoms with van der Waals surface area (Å²) < 4.78 is 9.88. The topological polar surface area (TPSA) is 99.9 Å². The van der Waals surface area contributed by atoms with E-state index in [0.29, 0.717) is 6.61 Å². The second-order valence-electron chi connectivity index (χ2n) is 4.25. The number of esters is 1. The van der Waals surface area contributed by atoms with E-state index in [1.807, 2.05) is 0 Å². The first-order valence-electron chi connectivity index (χ1n) is 5.91. The van der Waals surface area contributed by atoms with Crippen LogP contribution < -0.4 is 0 Å². The van der Waals surface area contributed by atoms with Crippen LogP contribution in [0, 0.1) is 17.2 Å². The van der Waals surface area contributed by atoms with Gasteiger partial charge >= 0.3 is 11.9 Å². The first-order valence-corrected chi connectivity index (χ1v) is 5.91. The van der Waals surface area contributed by atoms with Crippen molar-refractivity contribution in [3.63, 3.8) is 0 Å². The van der Waals surface area contributed by atoms with E-state index < -0.39 is 17.9 Å². The Kier molecular flexibility index (Phi) is 5.69. The molecule has 0 aromatic heterocycles. The van der Waals surface area contributed by atoms with Gasteiger partial charge in [-0.1, -0.05) is 18.7 Å². The quantitative estimate of drug-likeness (QED) is 0.325. The van der Waals surface area contributed by atoms with Gasteiger partial charge in [-0.25, -0.2) is 9.59 Å². The van der Waals surface area contributed by atoms with Crippen molar-refractivity contribution in [2.24, 2.45) is 5.92 Å². The molecule has 106 valence electrons. The molecule has 1 aliphatic heterocycles. The standard InChI is InChI=1S/C14H15NO5/c1-9(13(16)17)6-11(4-3-5-15)10(2)14(18)20-8-12-7-19-12/h3-4,6,11-12H,2,7-8H2,1H3,(H,16,17). The molecule has 6 nitrogen and oxygen atoms in total. The summed E-state index contributed by atoms with van der Waals surface area (Å²) in [6, 6.07) is 1.78. The smallest absolute Gasteiger partial charge is 0.334 e. The van der Waals surface area contributed by atoms with Crippen molar-refractivity contribution in [1.82, 2.24) is 0 Å². The highest BCUT2D eigenvalue weighted by Gasteiger charge is 2.26. The predicted molar refractivity (Wildman–Crippen MR) is 69.5 cm³/mol. The van der Waals surface area contributed by atoms with Crippen LogP contribution in [0.15, 0.2) is 36.0 Å². The zero-order valence-electron chi connectivity index (χ0n) is 11.0. The van der Waals surface area contributed by atoms with Gasteiger partial charge in [0.05, 0.1) is 12.7 Å².